The Morgan fingerprint density at radius 2 is 1.88 bits per heavy atom. The fourth-order valence-corrected chi connectivity index (χ4v) is 4.49. The first kappa shape index (κ1) is 26.4. The molecule has 1 aliphatic carbocycles. The summed E-state index contributed by atoms with van der Waals surface area (Å²) in [7, 11) is 0. The van der Waals surface area contributed by atoms with Crippen LogP contribution in [-0.4, -0.2) is 60.6 Å². The summed E-state index contributed by atoms with van der Waals surface area (Å²) in [5, 5.41) is 11.5. The maximum absolute atomic E-state index is 13.6. The molecule has 1 atom stereocenters. The standard InChI is InChI=1S/C24H33F3N2O5/c25-24(26,27)23(11-15-34-16-12-23)22(32)29-20(21(30)31)10-14-33-13-4-3-6-18-9-8-17-5-1-2-7-19(17)28-18/h8-9,20H,1-7,10-16H2,(H,29,32)(H,30,31). The van der Waals surface area contributed by atoms with Crippen LogP contribution in [-0.2, 0) is 38.3 Å². The van der Waals surface area contributed by atoms with E-state index in [1.165, 1.54) is 24.1 Å². The Morgan fingerprint density at radius 1 is 1.15 bits per heavy atom. The summed E-state index contributed by atoms with van der Waals surface area (Å²) in [5.74, 6) is -2.70. The molecule has 34 heavy (non-hydrogen) atoms. The summed E-state index contributed by atoms with van der Waals surface area (Å²) in [4.78, 5) is 28.7. The fraction of sp³-hybridized carbons (Fsp3) is 0.708. The quantitative estimate of drug-likeness (QED) is 0.464. The van der Waals surface area contributed by atoms with E-state index in [0.717, 1.165) is 37.8 Å². The Kier molecular flexibility index (Phi) is 9.30. The van der Waals surface area contributed by atoms with Gasteiger partial charge in [-0.25, -0.2) is 4.79 Å². The van der Waals surface area contributed by atoms with E-state index in [1.54, 1.807) is 0 Å². The average molecular weight is 487 g/mol. The zero-order valence-corrected chi connectivity index (χ0v) is 19.3. The number of ether oxygens (including phenoxy) is 2. The third-order valence-electron chi connectivity index (χ3n) is 6.69. The number of nitrogens with one attached hydrogen (secondary N) is 1. The van der Waals surface area contributed by atoms with Gasteiger partial charge in [0.2, 0.25) is 5.91 Å². The zero-order valence-electron chi connectivity index (χ0n) is 19.3. The lowest BCUT2D eigenvalue weighted by Gasteiger charge is -2.37. The molecule has 3 rings (SSSR count). The lowest BCUT2D eigenvalue weighted by atomic mass is 9.78. The molecular weight excluding hydrogens is 453 g/mol. The van der Waals surface area contributed by atoms with E-state index in [4.69, 9.17) is 14.5 Å². The Labute approximate surface area is 197 Å². The number of aromatic nitrogens is 1. The van der Waals surface area contributed by atoms with Gasteiger partial charge in [0.05, 0.1) is 0 Å². The van der Waals surface area contributed by atoms with Crippen LogP contribution in [0.1, 0.15) is 61.9 Å². The van der Waals surface area contributed by atoms with Gasteiger partial charge in [0.1, 0.15) is 11.5 Å². The second kappa shape index (κ2) is 12.0. The van der Waals surface area contributed by atoms with E-state index in [9.17, 15) is 27.9 Å². The molecule has 10 heteroatoms. The predicted octanol–water partition coefficient (Wildman–Crippen LogP) is 3.62. The number of hydrogen-bond acceptors (Lipinski definition) is 5. The van der Waals surface area contributed by atoms with Gasteiger partial charge in [0, 0.05) is 44.2 Å². The molecule has 0 aromatic carbocycles. The first-order valence-corrected chi connectivity index (χ1v) is 12.0. The minimum atomic E-state index is -4.78. The number of carboxylic acids is 1. The average Bonchev–Trinajstić information content (AvgIpc) is 2.82. The third kappa shape index (κ3) is 6.69. The fourth-order valence-electron chi connectivity index (χ4n) is 4.49. The van der Waals surface area contributed by atoms with Crippen molar-refractivity contribution >= 4 is 11.9 Å². The predicted molar refractivity (Wildman–Crippen MR) is 117 cm³/mol. The molecule has 2 aliphatic rings. The number of fused-ring (bicyclic) bond motifs is 1. The normalized spacial score (nSPS) is 18.7. The van der Waals surface area contributed by atoms with Crippen LogP contribution in [0.15, 0.2) is 12.1 Å². The maximum atomic E-state index is 13.6. The van der Waals surface area contributed by atoms with E-state index >= 15 is 0 Å². The van der Waals surface area contributed by atoms with Crippen molar-refractivity contribution < 1.29 is 37.3 Å². The number of carbonyl (C=O) groups is 2. The third-order valence-corrected chi connectivity index (χ3v) is 6.69. The van der Waals surface area contributed by atoms with Gasteiger partial charge in [-0.15, -0.1) is 0 Å². The number of alkyl halides is 3. The minimum absolute atomic E-state index is 0.0243. The van der Waals surface area contributed by atoms with Gasteiger partial charge in [-0.05, 0) is 69.4 Å². The largest absolute Gasteiger partial charge is 0.480 e. The Hall–Kier alpha value is -2.20. The molecular formula is C24H33F3N2O5. The number of hydrogen-bond donors (Lipinski definition) is 2. The van der Waals surface area contributed by atoms with Crippen molar-refractivity contribution in [3.05, 3.63) is 29.1 Å². The number of halogens is 3. The van der Waals surface area contributed by atoms with E-state index < -0.39 is 42.4 Å². The van der Waals surface area contributed by atoms with Crippen LogP contribution in [0.2, 0.25) is 0 Å². The maximum Gasteiger partial charge on any atom is 0.403 e. The number of unbranched alkanes of at least 4 members (excludes halogenated alkanes) is 1. The lowest BCUT2D eigenvalue weighted by molar-refractivity contribution is -0.240. The summed E-state index contributed by atoms with van der Waals surface area (Å²) in [5.41, 5.74) is 0.983. The van der Waals surface area contributed by atoms with Crippen LogP contribution in [0.4, 0.5) is 13.2 Å². The second-order valence-corrected chi connectivity index (χ2v) is 9.03. The number of aryl methyl sites for hydroxylation is 3. The number of amides is 1. The molecule has 0 saturated carbocycles. The molecule has 1 aromatic heterocycles. The molecule has 0 bridgehead atoms. The number of rotatable bonds is 11. The Morgan fingerprint density at radius 3 is 2.59 bits per heavy atom. The van der Waals surface area contributed by atoms with Crippen molar-refractivity contribution in [2.45, 2.75) is 76.4 Å². The highest BCUT2D eigenvalue weighted by molar-refractivity contribution is 5.88. The van der Waals surface area contributed by atoms with Gasteiger partial charge in [-0.2, -0.15) is 13.2 Å². The van der Waals surface area contributed by atoms with Gasteiger partial charge in [-0.3, -0.25) is 9.78 Å². The van der Waals surface area contributed by atoms with Gasteiger partial charge in [-0.1, -0.05) is 6.07 Å². The minimum Gasteiger partial charge on any atom is -0.480 e. The highest BCUT2D eigenvalue weighted by Crippen LogP contribution is 2.46. The molecule has 1 amide bonds. The number of pyridine rings is 1. The molecule has 0 spiro atoms. The van der Waals surface area contributed by atoms with Crippen LogP contribution in [0, 0.1) is 5.41 Å². The summed E-state index contributed by atoms with van der Waals surface area (Å²) in [6.07, 6.45) is 1.02. The topological polar surface area (TPSA) is 97.8 Å². The first-order chi connectivity index (χ1) is 16.2. The molecule has 1 saturated heterocycles. The molecule has 7 nitrogen and oxygen atoms in total. The monoisotopic (exact) mass is 486 g/mol. The molecule has 2 N–H and O–H groups in total. The van der Waals surface area contributed by atoms with E-state index in [0.29, 0.717) is 6.61 Å². The summed E-state index contributed by atoms with van der Waals surface area (Å²) < 4.78 is 51.4. The molecule has 1 fully saturated rings. The van der Waals surface area contributed by atoms with Gasteiger partial charge >= 0.3 is 12.1 Å². The number of carbonyl (C=O) groups excluding carboxylic acids is 1. The molecule has 0 radical (unpaired) electrons. The smallest absolute Gasteiger partial charge is 0.403 e. The second-order valence-electron chi connectivity index (χ2n) is 9.03. The SMILES string of the molecule is O=C(O)C(CCOCCCCc1ccc2c(n1)CCCC2)NC(=O)C1(C(F)(F)F)CCOCC1. The van der Waals surface area contributed by atoms with Crippen molar-refractivity contribution in [1.82, 2.24) is 10.3 Å². The molecule has 1 aliphatic heterocycles. The molecule has 1 unspecified atom stereocenters. The Bertz CT molecular complexity index is 840. The molecule has 2 heterocycles. The Balaban J connectivity index is 1.38. The van der Waals surface area contributed by atoms with Crippen molar-refractivity contribution in [3.8, 4) is 0 Å². The van der Waals surface area contributed by atoms with Crippen molar-refractivity contribution in [2.75, 3.05) is 26.4 Å². The van der Waals surface area contributed by atoms with Crippen LogP contribution in [0.5, 0.6) is 0 Å². The van der Waals surface area contributed by atoms with Crippen LogP contribution >= 0.6 is 0 Å². The van der Waals surface area contributed by atoms with Crippen molar-refractivity contribution in [2.24, 2.45) is 5.41 Å². The molecule has 190 valence electrons. The highest BCUT2D eigenvalue weighted by atomic mass is 19.4. The number of aliphatic carboxylic acids is 1. The van der Waals surface area contributed by atoms with Crippen LogP contribution in [0.25, 0.3) is 0 Å². The first-order valence-electron chi connectivity index (χ1n) is 12.0. The van der Waals surface area contributed by atoms with Crippen LogP contribution < -0.4 is 5.32 Å². The van der Waals surface area contributed by atoms with Crippen LogP contribution in [0.3, 0.4) is 0 Å². The zero-order chi connectivity index (χ0) is 24.6. The van der Waals surface area contributed by atoms with Gasteiger partial charge in [0.15, 0.2) is 0 Å². The van der Waals surface area contributed by atoms with E-state index in [2.05, 4.69) is 17.4 Å². The summed E-state index contributed by atoms with van der Waals surface area (Å²) in [6.45, 7) is 0.0229. The number of carboxylic acid groups (broad SMARTS) is 1. The number of nitrogens with zero attached hydrogens (tertiary/aromatic N) is 1. The summed E-state index contributed by atoms with van der Waals surface area (Å²) >= 11 is 0. The van der Waals surface area contributed by atoms with Gasteiger partial charge < -0.3 is 19.9 Å². The molecule has 1 aromatic rings. The lowest BCUT2D eigenvalue weighted by Crippen LogP contribution is -2.57. The highest BCUT2D eigenvalue weighted by Gasteiger charge is 2.60. The summed E-state index contributed by atoms with van der Waals surface area (Å²) in [6, 6.07) is 2.78. The van der Waals surface area contributed by atoms with Crippen molar-refractivity contribution in [3.63, 3.8) is 0 Å². The van der Waals surface area contributed by atoms with Gasteiger partial charge in [0.25, 0.3) is 0 Å². The van der Waals surface area contributed by atoms with E-state index in [1.807, 2.05) is 0 Å². The van der Waals surface area contributed by atoms with Crippen molar-refractivity contribution in [1.29, 1.82) is 0 Å². The van der Waals surface area contributed by atoms with E-state index in [-0.39, 0.29) is 26.2 Å².